The standard InChI is InChI=1S/C12H16Cl2O2/c13-7-3-9-15-11-5-1-2-6-12(11)16-10-4-8-14/h1-2,5-6H,3-4,7-10H2. The van der Waals surface area contributed by atoms with Crippen LogP contribution in [-0.2, 0) is 0 Å². The fraction of sp³-hybridized carbons (Fsp3) is 0.500. The van der Waals surface area contributed by atoms with Gasteiger partial charge in [-0.2, -0.15) is 0 Å². The van der Waals surface area contributed by atoms with Gasteiger partial charge in [0, 0.05) is 11.8 Å². The Labute approximate surface area is 106 Å². The van der Waals surface area contributed by atoms with Crippen LogP contribution in [0.3, 0.4) is 0 Å². The average Bonchev–Trinajstić information content (AvgIpc) is 2.32. The van der Waals surface area contributed by atoms with Crippen molar-refractivity contribution in [2.24, 2.45) is 0 Å². The molecule has 0 amide bonds. The predicted molar refractivity (Wildman–Crippen MR) is 68.1 cm³/mol. The van der Waals surface area contributed by atoms with Crippen molar-refractivity contribution in [2.45, 2.75) is 12.8 Å². The Morgan fingerprint density at radius 2 is 1.25 bits per heavy atom. The Hall–Kier alpha value is -0.600. The number of hydrogen-bond donors (Lipinski definition) is 0. The van der Waals surface area contributed by atoms with Crippen LogP contribution in [0.2, 0.25) is 0 Å². The van der Waals surface area contributed by atoms with Gasteiger partial charge >= 0.3 is 0 Å². The third-order valence-corrected chi connectivity index (χ3v) is 2.45. The lowest BCUT2D eigenvalue weighted by molar-refractivity contribution is 0.269. The number of alkyl halides is 2. The molecule has 0 aliphatic heterocycles. The van der Waals surface area contributed by atoms with Crippen LogP contribution in [0.4, 0.5) is 0 Å². The average molecular weight is 263 g/mol. The fourth-order valence-electron chi connectivity index (χ4n) is 1.16. The third kappa shape index (κ3) is 4.95. The van der Waals surface area contributed by atoms with Crippen molar-refractivity contribution >= 4 is 23.2 Å². The minimum absolute atomic E-state index is 0.606. The normalized spacial score (nSPS) is 10.1. The van der Waals surface area contributed by atoms with Gasteiger partial charge < -0.3 is 9.47 Å². The van der Waals surface area contributed by atoms with E-state index in [-0.39, 0.29) is 0 Å². The maximum Gasteiger partial charge on any atom is 0.161 e. The molecule has 2 nitrogen and oxygen atoms in total. The highest BCUT2D eigenvalue weighted by Gasteiger charge is 2.03. The van der Waals surface area contributed by atoms with Crippen molar-refractivity contribution in [3.8, 4) is 11.5 Å². The summed E-state index contributed by atoms with van der Waals surface area (Å²) < 4.78 is 11.1. The Morgan fingerprint density at radius 1 is 0.812 bits per heavy atom. The van der Waals surface area contributed by atoms with Crippen molar-refractivity contribution < 1.29 is 9.47 Å². The second-order valence-electron chi connectivity index (χ2n) is 3.23. The van der Waals surface area contributed by atoms with Crippen LogP contribution in [0.1, 0.15) is 12.8 Å². The molecule has 1 aromatic rings. The van der Waals surface area contributed by atoms with Crippen LogP contribution in [0.5, 0.6) is 11.5 Å². The summed E-state index contributed by atoms with van der Waals surface area (Å²) >= 11 is 11.2. The number of halogens is 2. The van der Waals surface area contributed by atoms with Gasteiger partial charge in [-0.1, -0.05) is 12.1 Å². The Morgan fingerprint density at radius 3 is 1.62 bits per heavy atom. The fourth-order valence-corrected chi connectivity index (χ4v) is 1.38. The SMILES string of the molecule is ClCCCOc1ccccc1OCCCCl. The van der Waals surface area contributed by atoms with Gasteiger partial charge in [0.1, 0.15) is 0 Å². The quantitative estimate of drug-likeness (QED) is 0.526. The van der Waals surface area contributed by atoms with E-state index in [0.717, 1.165) is 24.3 Å². The first kappa shape index (κ1) is 13.5. The third-order valence-electron chi connectivity index (χ3n) is 1.92. The topological polar surface area (TPSA) is 18.5 Å². The van der Waals surface area contributed by atoms with E-state index in [1.807, 2.05) is 24.3 Å². The number of benzene rings is 1. The van der Waals surface area contributed by atoms with Gasteiger partial charge in [-0.05, 0) is 25.0 Å². The van der Waals surface area contributed by atoms with Crippen LogP contribution in [0.25, 0.3) is 0 Å². The molecule has 4 heteroatoms. The van der Waals surface area contributed by atoms with E-state index in [1.165, 1.54) is 0 Å². The summed E-state index contributed by atoms with van der Waals surface area (Å²) in [7, 11) is 0. The largest absolute Gasteiger partial charge is 0.490 e. The van der Waals surface area contributed by atoms with Crippen LogP contribution >= 0.6 is 23.2 Å². The molecule has 0 bridgehead atoms. The summed E-state index contributed by atoms with van der Waals surface area (Å²) in [4.78, 5) is 0. The lowest BCUT2D eigenvalue weighted by Crippen LogP contribution is -2.02. The Balaban J connectivity index is 2.46. The van der Waals surface area contributed by atoms with Gasteiger partial charge in [-0.25, -0.2) is 0 Å². The number of hydrogen-bond acceptors (Lipinski definition) is 2. The number of para-hydroxylation sites is 2. The van der Waals surface area contributed by atoms with Gasteiger partial charge in [-0.15, -0.1) is 23.2 Å². The summed E-state index contributed by atoms with van der Waals surface area (Å²) in [5.41, 5.74) is 0. The highest BCUT2D eigenvalue weighted by atomic mass is 35.5. The zero-order chi connectivity index (χ0) is 11.6. The summed E-state index contributed by atoms with van der Waals surface area (Å²) in [6.07, 6.45) is 1.66. The van der Waals surface area contributed by atoms with Gasteiger partial charge in [0.2, 0.25) is 0 Å². The van der Waals surface area contributed by atoms with Crippen molar-refractivity contribution in [1.82, 2.24) is 0 Å². The van der Waals surface area contributed by atoms with E-state index < -0.39 is 0 Å². The first-order valence-electron chi connectivity index (χ1n) is 5.35. The van der Waals surface area contributed by atoms with Crippen molar-refractivity contribution in [3.05, 3.63) is 24.3 Å². The maximum absolute atomic E-state index is 5.58. The predicted octanol–water partition coefficient (Wildman–Crippen LogP) is 3.70. The van der Waals surface area contributed by atoms with Crippen molar-refractivity contribution in [2.75, 3.05) is 25.0 Å². The molecular weight excluding hydrogens is 247 g/mol. The summed E-state index contributed by atoms with van der Waals surface area (Å²) in [6, 6.07) is 7.63. The number of rotatable bonds is 8. The zero-order valence-corrected chi connectivity index (χ0v) is 10.6. The molecule has 0 aromatic heterocycles. The molecule has 0 spiro atoms. The van der Waals surface area contributed by atoms with E-state index in [9.17, 15) is 0 Å². The van der Waals surface area contributed by atoms with Crippen molar-refractivity contribution in [1.29, 1.82) is 0 Å². The molecule has 0 heterocycles. The second-order valence-corrected chi connectivity index (χ2v) is 3.98. The summed E-state index contributed by atoms with van der Waals surface area (Å²) in [6.45, 7) is 1.22. The molecule has 90 valence electrons. The van der Waals surface area contributed by atoms with E-state index in [1.54, 1.807) is 0 Å². The van der Waals surface area contributed by atoms with E-state index in [2.05, 4.69) is 0 Å². The van der Waals surface area contributed by atoms with Crippen LogP contribution in [0.15, 0.2) is 24.3 Å². The molecule has 0 fully saturated rings. The molecule has 0 radical (unpaired) electrons. The Bertz CT molecular complexity index is 263. The van der Waals surface area contributed by atoms with Gasteiger partial charge in [0.05, 0.1) is 13.2 Å². The highest BCUT2D eigenvalue weighted by molar-refractivity contribution is 6.18. The molecule has 0 aliphatic carbocycles. The Kier molecular flexibility index (Phi) is 7.19. The van der Waals surface area contributed by atoms with E-state index >= 15 is 0 Å². The maximum atomic E-state index is 5.58. The molecule has 1 aromatic carbocycles. The minimum Gasteiger partial charge on any atom is -0.490 e. The smallest absolute Gasteiger partial charge is 0.161 e. The van der Waals surface area contributed by atoms with Crippen LogP contribution in [0, 0.1) is 0 Å². The van der Waals surface area contributed by atoms with E-state index in [4.69, 9.17) is 32.7 Å². The van der Waals surface area contributed by atoms with E-state index in [0.29, 0.717) is 25.0 Å². The molecule has 16 heavy (non-hydrogen) atoms. The first-order chi connectivity index (χ1) is 7.88. The summed E-state index contributed by atoms with van der Waals surface area (Å²) in [5.74, 6) is 2.74. The number of ether oxygens (including phenoxy) is 2. The highest BCUT2D eigenvalue weighted by Crippen LogP contribution is 2.26. The summed E-state index contributed by atoms with van der Waals surface area (Å²) in [5, 5.41) is 0. The minimum atomic E-state index is 0.606. The molecular formula is C12H16Cl2O2. The van der Waals surface area contributed by atoms with Crippen LogP contribution in [-0.4, -0.2) is 25.0 Å². The molecule has 0 saturated heterocycles. The molecule has 0 aliphatic rings. The molecule has 1 rings (SSSR count). The van der Waals surface area contributed by atoms with Gasteiger partial charge in [0.15, 0.2) is 11.5 Å². The van der Waals surface area contributed by atoms with Crippen molar-refractivity contribution in [3.63, 3.8) is 0 Å². The molecule has 0 unspecified atom stereocenters. The second kappa shape index (κ2) is 8.54. The van der Waals surface area contributed by atoms with Gasteiger partial charge in [-0.3, -0.25) is 0 Å². The zero-order valence-electron chi connectivity index (χ0n) is 9.12. The monoisotopic (exact) mass is 262 g/mol. The molecule has 0 saturated carbocycles. The first-order valence-corrected chi connectivity index (χ1v) is 6.42. The molecule has 0 atom stereocenters. The van der Waals surface area contributed by atoms with Gasteiger partial charge in [0.25, 0.3) is 0 Å². The lowest BCUT2D eigenvalue weighted by Gasteiger charge is -2.11. The van der Waals surface area contributed by atoms with Crippen LogP contribution < -0.4 is 9.47 Å². The lowest BCUT2D eigenvalue weighted by atomic mass is 10.3. The molecule has 0 N–H and O–H groups in total.